The van der Waals surface area contributed by atoms with Crippen LogP contribution in [0.15, 0.2) is 37.2 Å². The molecule has 4 heteroatoms. The molecule has 0 fully saturated rings. The zero-order chi connectivity index (χ0) is 11.8. The molecule has 0 saturated heterocycles. The molecule has 0 bridgehead atoms. The first-order chi connectivity index (χ1) is 8.25. The maximum atomic E-state index is 4.40. The molecule has 17 heavy (non-hydrogen) atoms. The van der Waals surface area contributed by atoms with Gasteiger partial charge >= 0.3 is 0 Å². The van der Waals surface area contributed by atoms with Crippen LogP contribution in [0.25, 0.3) is 16.7 Å². The van der Waals surface area contributed by atoms with E-state index >= 15 is 0 Å². The van der Waals surface area contributed by atoms with Gasteiger partial charge in [-0.05, 0) is 37.1 Å². The largest absolute Gasteiger partial charge is 0.296 e. The van der Waals surface area contributed by atoms with Crippen molar-refractivity contribution in [2.24, 2.45) is 0 Å². The van der Waals surface area contributed by atoms with Gasteiger partial charge in [-0.3, -0.25) is 4.57 Å². The average molecular weight is 224 g/mol. The molecule has 0 atom stereocenters. The number of nitrogens with zero attached hydrogens (tertiary/aromatic N) is 4. The minimum atomic E-state index is 0.929. The Hall–Kier alpha value is -2.23. The summed E-state index contributed by atoms with van der Waals surface area (Å²) in [5.74, 6) is 0. The smallest absolute Gasteiger partial charge is 0.115 e. The van der Waals surface area contributed by atoms with Gasteiger partial charge in [0, 0.05) is 0 Å². The van der Waals surface area contributed by atoms with Gasteiger partial charge in [-0.2, -0.15) is 0 Å². The molecule has 2 heterocycles. The first kappa shape index (κ1) is 9.96. The molecule has 0 aliphatic rings. The van der Waals surface area contributed by atoms with Crippen LogP contribution in [-0.2, 0) is 0 Å². The van der Waals surface area contributed by atoms with Crippen LogP contribution in [0.5, 0.6) is 0 Å². The van der Waals surface area contributed by atoms with Crippen LogP contribution in [0, 0.1) is 13.8 Å². The standard InChI is InChI=1S/C13H12N4/c1-9-3-12-13(4-10(9)2)17(8-16-12)11-5-14-7-15-6-11/h3-8H,1-2H3. The van der Waals surface area contributed by atoms with E-state index in [1.165, 1.54) is 17.5 Å². The highest BCUT2D eigenvalue weighted by molar-refractivity contribution is 5.79. The van der Waals surface area contributed by atoms with Crippen LogP contribution in [0.4, 0.5) is 0 Å². The second kappa shape index (κ2) is 3.66. The molecule has 0 N–H and O–H groups in total. The number of fused-ring (bicyclic) bond motifs is 1. The summed E-state index contributed by atoms with van der Waals surface area (Å²) in [6, 6.07) is 4.25. The molecule has 3 aromatic rings. The molecule has 0 spiro atoms. The Morgan fingerprint density at radius 3 is 2.47 bits per heavy atom. The third kappa shape index (κ3) is 1.58. The van der Waals surface area contributed by atoms with Gasteiger partial charge in [0.2, 0.25) is 0 Å². The second-order valence-corrected chi connectivity index (χ2v) is 4.14. The van der Waals surface area contributed by atoms with Gasteiger partial charge < -0.3 is 0 Å². The summed E-state index contributed by atoms with van der Waals surface area (Å²) < 4.78 is 2.00. The summed E-state index contributed by atoms with van der Waals surface area (Å²) >= 11 is 0. The molecular formula is C13H12N4. The lowest BCUT2D eigenvalue weighted by atomic mass is 10.1. The van der Waals surface area contributed by atoms with Crippen molar-refractivity contribution in [2.75, 3.05) is 0 Å². The Bertz CT molecular complexity index is 670. The van der Waals surface area contributed by atoms with Crippen LogP contribution in [0.3, 0.4) is 0 Å². The Morgan fingerprint density at radius 1 is 1.00 bits per heavy atom. The van der Waals surface area contributed by atoms with E-state index < -0.39 is 0 Å². The highest BCUT2D eigenvalue weighted by atomic mass is 15.1. The van der Waals surface area contributed by atoms with Gasteiger partial charge in [0.05, 0.1) is 29.1 Å². The number of aryl methyl sites for hydroxylation is 2. The van der Waals surface area contributed by atoms with E-state index in [1.54, 1.807) is 12.4 Å². The zero-order valence-corrected chi connectivity index (χ0v) is 9.75. The average Bonchev–Trinajstić information content (AvgIpc) is 2.74. The number of benzene rings is 1. The SMILES string of the molecule is Cc1cc2ncn(-c3cncnc3)c2cc1C. The highest BCUT2D eigenvalue weighted by Gasteiger charge is 2.06. The third-order valence-electron chi connectivity index (χ3n) is 2.99. The van der Waals surface area contributed by atoms with Crippen molar-refractivity contribution in [3.63, 3.8) is 0 Å². The van der Waals surface area contributed by atoms with E-state index in [-0.39, 0.29) is 0 Å². The third-order valence-corrected chi connectivity index (χ3v) is 2.99. The number of imidazole rings is 1. The maximum Gasteiger partial charge on any atom is 0.115 e. The van der Waals surface area contributed by atoms with Gasteiger partial charge in [-0.25, -0.2) is 15.0 Å². The fourth-order valence-electron chi connectivity index (χ4n) is 1.89. The predicted octanol–water partition coefficient (Wildman–Crippen LogP) is 2.43. The van der Waals surface area contributed by atoms with Crippen LogP contribution >= 0.6 is 0 Å². The topological polar surface area (TPSA) is 43.6 Å². The fraction of sp³-hybridized carbons (Fsp3) is 0.154. The maximum absolute atomic E-state index is 4.40. The van der Waals surface area contributed by atoms with Crippen molar-refractivity contribution in [1.29, 1.82) is 0 Å². The highest BCUT2D eigenvalue weighted by Crippen LogP contribution is 2.20. The quantitative estimate of drug-likeness (QED) is 0.637. The summed E-state index contributed by atoms with van der Waals surface area (Å²) in [5.41, 5.74) is 5.53. The molecule has 0 aliphatic heterocycles. The summed E-state index contributed by atoms with van der Waals surface area (Å²) in [4.78, 5) is 12.5. The Morgan fingerprint density at radius 2 is 1.71 bits per heavy atom. The summed E-state index contributed by atoms with van der Waals surface area (Å²) in [6.07, 6.45) is 6.90. The number of aromatic nitrogens is 4. The molecule has 3 rings (SSSR count). The lowest BCUT2D eigenvalue weighted by molar-refractivity contribution is 1.03. The van der Waals surface area contributed by atoms with Gasteiger partial charge in [-0.1, -0.05) is 0 Å². The van der Waals surface area contributed by atoms with E-state index in [0.717, 1.165) is 16.7 Å². The number of rotatable bonds is 1. The van der Waals surface area contributed by atoms with Gasteiger partial charge in [0.1, 0.15) is 12.7 Å². The van der Waals surface area contributed by atoms with Gasteiger partial charge in [-0.15, -0.1) is 0 Å². The molecule has 0 unspecified atom stereocenters. The Labute approximate surface area is 99.0 Å². The lowest BCUT2D eigenvalue weighted by Gasteiger charge is -2.04. The molecule has 2 aromatic heterocycles. The van der Waals surface area contributed by atoms with Crippen LogP contribution < -0.4 is 0 Å². The van der Waals surface area contributed by atoms with Crippen molar-refractivity contribution in [1.82, 2.24) is 19.5 Å². The molecule has 1 aromatic carbocycles. The van der Waals surface area contributed by atoms with Crippen molar-refractivity contribution in [2.45, 2.75) is 13.8 Å². The molecule has 0 saturated carbocycles. The fourth-order valence-corrected chi connectivity index (χ4v) is 1.89. The van der Waals surface area contributed by atoms with E-state index in [2.05, 4.69) is 40.9 Å². The minimum absolute atomic E-state index is 0.929. The van der Waals surface area contributed by atoms with Crippen molar-refractivity contribution < 1.29 is 0 Å². The normalized spacial score (nSPS) is 10.9. The number of hydrogen-bond acceptors (Lipinski definition) is 3. The van der Waals surface area contributed by atoms with E-state index in [0.29, 0.717) is 0 Å². The van der Waals surface area contributed by atoms with Crippen molar-refractivity contribution in [3.05, 3.63) is 48.3 Å². The van der Waals surface area contributed by atoms with Crippen molar-refractivity contribution >= 4 is 11.0 Å². The zero-order valence-electron chi connectivity index (χ0n) is 9.75. The molecule has 4 nitrogen and oxygen atoms in total. The molecule has 0 amide bonds. The molecular weight excluding hydrogens is 212 g/mol. The van der Waals surface area contributed by atoms with Gasteiger partial charge in [0.15, 0.2) is 0 Å². The molecule has 0 radical (unpaired) electrons. The van der Waals surface area contributed by atoms with Crippen molar-refractivity contribution in [3.8, 4) is 5.69 Å². The first-order valence-electron chi connectivity index (χ1n) is 5.45. The van der Waals surface area contributed by atoms with E-state index in [1.807, 2.05) is 10.9 Å². The minimum Gasteiger partial charge on any atom is -0.296 e. The predicted molar refractivity (Wildman–Crippen MR) is 66.1 cm³/mol. The lowest BCUT2D eigenvalue weighted by Crippen LogP contribution is -1.94. The monoisotopic (exact) mass is 224 g/mol. The molecule has 0 aliphatic carbocycles. The van der Waals surface area contributed by atoms with Crippen LogP contribution in [-0.4, -0.2) is 19.5 Å². The van der Waals surface area contributed by atoms with Crippen LogP contribution in [0.1, 0.15) is 11.1 Å². The van der Waals surface area contributed by atoms with Gasteiger partial charge in [0.25, 0.3) is 0 Å². The van der Waals surface area contributed by atoms with E-state index in [9.17, 15) is 0 Å². The summed E-state index contributed by atoms with van der Waals surface area (Å²) in [7, 11) is 0. The summed E-state index contributed by atoms with van der Waals surface area (Å²) in [5, 5.41) is 0. The molecule has 84 valence electrons. The number of hydrogen-bond donors (Lipinski definition) is 0. The van der Waals surface area contributed by atoms with E-state index in [4.69, 9.17) is 0 Å². The first-order valence-corrected chi connectivity index (χ1v) is 5.45. The second-order valence-electron chi connectivity index (χ2n) is 4.14. The Balaban J connectivity index is 2.29. The summed E-state index contributed by atoms with van der Waals surface area (Å²) in [6.45, 7) is 4.20. The van der Waals surface area contributed by atoms with Crippen LogP contribution in [0.2, 0.25) is 0 Å². The Kier molecular flexibility index (Phi) is 2.14.